The molecule has 6 rings (SSSR count). The maximum Gasteiger partial charge on any atom is 0.232 e. The van der Waals surface area contributed by atoms with Gasteiger partial charge in [0, 0.05) is 36.7 Å². The number of amides is 2. The number of piperidine rings is 1. The van der Waals surface area contributed by atoms with E-state index in [1.807, 2.05) is 40.1 Å². The van der Waals surface area contributed by atoms with Crippen LogP contribution in [-0.4, -0.2) is 60.4 Å². The van der Waals surface area contributed by atoms with Gasteiger partial charge in [0.1, 0.15) is 0 Å². The number of nitrogens with zero attached hydrogens (tertiary/aromatic N) is 3. The van der Waals surface area contributed by atoms with Gasteiger partial charge in [0.25, 0.3) is 0 Å². The minimum atomic E-state index is -0.228. The van der Waals surface area contributed by atoms with Crippen LogP contribution in [-0.2, 0) is 15.0 Å². The molecule has 2 saturated heterocycles. The van der Waals surface area contributed by atoms with Crippen molar-refractivity contribution in [2.45, 2.75) is 69.2 Å². The average Bonchev–Trinajstić information content (AvgIpc) is 3.54. The summed E-state index contributed by atoms with van der Waals surface area (Å²) >= 11 is 0. The maximum absolute atomic E-state index is 13.8. The summed E-state index contributed by atoms with van der Waals surface area (Å²) in [6.07, 6.45) is 14.2. The average molecular weight is 512 g/mol. The Hall–Kier alpha value is -2.92. The number of anilines is 1. The number of hydrogen-bond acceptors (Lipinski definition) is 3. The first-order valence-corrected chi connectivity index (χ1v) is 14.8. The minimum absolute atomic E-state index is 0.119. The largest absolute Gasteiger partial charge is 0.339 e. The number of carbonyl (C=O) groups is 2. The van der Waals surface area contributed by atoms with E-state index in [0.29, 0.717) is 25.6 Å². The minimum Gasteiger partial charge on any atom is -0.339 e. The van der Waals surface area contributed by atoms with Gasteiger partial charge in [-0.25, -0.2) is 0 Å². The Bertz CT molecular complexity index is 1160. The summed E-state index contributed by atoms with van der Waals surface area (Å²) < 4.78 is 0. The Labute approximate surface area is 227 Å². The molecule has 2 heterocycles. The molecule has 2 amide bonds. The molecular formula is C33H41N3O2. The van der Waals surface area contributed by atoms with E-state index in [-0.39, 0.29) is 23.1 Å². The topological polar surface area (TPSA) is 43.9 Å². The first kappa shape index (κ1) is 25.4. The van der Waals surface area contributed by atoms with Crippen molar-refractivity contribution >= 4 is 23.6 Å². The van der Waals surface area contributed by atoms with Gasteiger partial charge in [0.15, 0.2) is 0 Å². The lowest BCUT2D eigenvalue weighted by atomic mass is 9.74. The fraction of sp³-hybridized carbons (Fsp3) is 0.515. The second-order valence-electron chi connectivity index (χ2n) is 11.8. The lowest BCUT2D eigenvalue weighted by Crippen LogP contribution is -2.43. The van der Waals surface area contributed by atoms with Crippen LogP contribution in [0, 0.1) is 5.92 Å². The molecule has 0 radical (unpaired) electrons. The van der Waals surface area contributed by atoms with Gasteiger partial charge in [0.2, 0.25) is 11.8 Å². The van der Waals surface area contributed by atoms with E-state index in [1.165, 1.54) is 30.4 Å². The monoisotopic (exact) mass is 511 g/mol. The molecule has 1 saturated carbocycles. The van der Waals surface area contributed by atoms with E-state index in [9.17, 15) is 9.59 Å². The zero-order valence-corrected chi connectivity index (χ0v) is 22.6. The fourth-order valence-corrected chi connectivity index (χ4v) is 7.34. The third-order valence-electron chi connectivity index (χ3n) is 9.54. The van der Waals surface area contributed by atoms with Crippen LogP contribution in [0.25, 0.3) is 6.08 Å². The highest BCUT2D eigenvalue weighted by Crippen LogP contribution is 2.43. The van der Waals surface area contributed by atoms with Crippen molar-refractivity contribution in [1.29, 1.82) is 0 Å². The van der Waals surface area contributed by atoms with E-state index < -0.39 is 0 Å². The fourth-order valence-electron chi connectivity index (χ4n) is 7.34. The highest BCUT2D eigenvalue weighted by molar-refractivity contribution is 5.99. The van der Waals surface area contributed by atoms with Crippen molar-refractivity contribution in [2.24, 2.45) is 5.92 Å². The van der Waals surface area contributed by atoms with E-state index in [4.69, 9.17) is 0 Å². The van der Waals surface area contributed by atoms with Crippen LogP contribution in [0.4, 0.5) is 5.69 Å². The summed E-state index contributed by atoms with van der Waals surface area (Å²) in [7, 11) is 0. The highest BCUT2D eigenvalue weighted by atomic mass is 16.2. The lowest BCUT2D eigenvalue weighted by molar-refractivity contribution is -0.130. The number of carbonyl (C=O) groups excluding carboxylic acids is 2. The standard InChI is InChI=1S/C33H41N3O2/c37-31-24-27(25-36(31)29-13-5-2-6-14-29)32(38)35(28-11-3-1-4-12-28)21-9-20-34-22-18-33(19-23-34)17-16-26-10-7-8-15-30(26)33/h1,3-4,7-8,10-12,15-17,27,29H,2,5-6,9,13-14,18-25H2. The molecule has 200 valence electrons. The molecule has 5 heteroatoms. The van der Waals surface area contributed by atoms with Crippen LogP contribution in [0.5, 0.6) is 0 Å². The summed E-state index contributed by atoms with van der Waals surface area (Å²) in [6, 6.07) is 19.2. The molecule has 1 unspecified atom stereocenters. The Morgan fingerprint density at radius 2 is 1.68 bits per heavy atom. The number of fused-ring (bicyclic) bond motifs is 2. The predicted octanol–water partition coefficient (Wildman–Crippen LogP) is 5.65. The highest BCUT2D eigenvalue weighted by Gasteiger charge is 2.40. The summed E-state index contributed by atoms with van der Waals surface area (Å²) in [5.74, 6) is 0.0647. The van der Waals surface area contributed by atoms with Crippen LogP contribution < -0.4 is 4.90 Å². The van der Waals surface area contributed by atoms with E-state index >= 15 is 0 Å². The molecule has 0 N–H and O–H groups in total. The summed E-state index contributed by atoms with van der Waals surface area (Å²) in [4.78, 5) is 33.3. The van der Waals surface area contributed by atoms with Gasteiger partial charge in [0.05, 0.1) is 5.92 Å². The van der Waals surface area contributed by atoms with Crippen LogP contribution >= 0.6 is 0 Å². The predicted molar refractivity (Wildman–Crippen MR) is 153 cm³/mol. The molecule has 0 aromatic heterocycles. The molecule has 4 aliphatic rings. The van der Waals surface area contributed by atoms with Gasteiger partial charge in [-0.15, -0.1) is 0 Å². The zero-order valence-electron chi connectivity index (χ0n) is 22.6. The summed E-state index contributed by atoms with van der Waals surface area (Å²) in [6.45, 7) is 4.46. The third kappa shape index (κ3) is 5.05. The van der Waals surface area contributed by atoms with Crippen LogP contribution in [0.15, 0.2) is 60.7 Å². The number of likely N-dealkylation sites (tertiary alicyclic amines) is 2. The molecule has 3 fully saturated rings. The van der Waals surface area contributed by atoms with Crippen LogP contribution in [0.1, 0.15) is 68.9 Å². The molecule has 38 heavy (non-hydrogen) atoms. The second kappa shape index (κ2) is 11.1. The first-order valence-electron chi connectivity index (χ1n) is 14.8. The quantitative estimate of drug-likeness (QED) is 0.482. The van der Waals surface area contributed by atoms with Crippen molar-refractivity contribution in [2.75, 3.05) is 37.6 Å². The number of para-hydroxylation sites is 1. The second-order valence-corrected chi connectivity index (χ2v) is 11.8. The SMILES string of the molecule is O=C(C1CC(=O)N(C2CCCCC2)C1)N(CCCN1CCC2(C=Cc3ccccc32)CC1)c1ccccc1. The number of benzene rings is 2. The van der Waals surface area contributed by atoms with Crippen molar-refractivity contribution in [3.63, 3.8) is 0 Å². The number of rotatable bonds is 7. The molecular weight excluding hydrogens is 470 g/mol. The molecule has 2 aromatic carbocycles. The summed E-state index contributed by atoms with van der Waals surface area (Å²) in [5.41, 5.74) is 4.03. The van der Waals surface area contributed by atoms with Gasteiger partial charge < -0.3 is 14.7 Å². The van der Waals surface area contributed by atoms with Gasteiger partial charge >= 0.3 is 0 Å². The number of allylic oxidation sites excluding steroid dienone is 1. The third-order valence-corrected chi connectivity index (χ3v) is 9.54. The lowest BCUT2D eigenvalue weighted by Gasteiger charge is -2.39. The normalized spacial score (nSPS) is 23.2. The van der Waals surface area contributed by atoms with Gasteiger partial charge in [-0.2, -0.15) is 0 Å². The Kier molecular flexibility index (Phi) is 7.38. The molecule has 5 nitrogen and oxygen atoms in total. The molecule has 1 atom stereocenters. The van der Waals surface area contributed by atoms with Gasteiger partial charge in [-0.1, -0.05) is 73.9 Å². The molecule has 2 aliphatic carbocycles. The summed E-state index contributed by atoms with van der Waals surface area (Å²) in [5, 5.41) is 0. The molecule has 2 aliphatic heterocycles. The maximum atomic E-state index is 13.8. The zero-order chi connectivity index (χ0) is 26.0. The first-order chi connectivity index (χ1) is 18.6. The van der Waals surface area contributed by atoms with E-state index in [0.717, 1.165) is 57.4 Å². The Morgan fingerprint density at radius 3 is 2.47 bits per heavy atom. The Balaban J connectivity index is 1.06. The van der Waals surface area contributed by atoms with Crippen LogP contribution in [0.3, 0.4) is 0 Å². The van der Waals surface area contributed by atoms with Crippen molar-refractivity contribution in [3.8, 4) is 0 Å². The number of hydrogen-bond donors (Lipinski definition) is 0. The van der Waals surface area contributed by atoms with Gasteiger partial charge in [-0.05, 0) is 75.0 Å². The van der Waals surface area contributed by atoms with Gasteiger partial charge in [-0.3, -0.25) is 9.59 Å². The van der Waals surface area contributed by atoms with Crippen LogP contribution in [0.2, 0.25) is 0 Å². The Morgan fingerprint density at radius 1 is 0.947 bits per heavy atom. The van der Waals surface area contributed by atoms with E-state index in [2.05, 4.69) is 41.3 Å². The molecule has 0 bridgehead atoms. The van der Waals surface area contributed by atoms with Crippen molar-refractivity contribution in [1.82, 2.24) is 9.80 Å². The van der Waals surface area contributed by atoms with E-state index in [1.54, 1.807) is 0 Å². The van der Waals surface area contributed by atoms with Crippen molar-refractivity contribution in [3.05, 3.63) is 71.8 Å². The smallest absolute Gasteiger partial charge is 0.232 e. The molecule has 1 spiro atoms. The van der Waals surface area contributed by atoms with Crippen molar-refractivity contribution < 1.29 is 9.59 Å². The molecule has 2 aromatic rings.